The lowest BCUT2D eigenvalue weighted by Crippen LogP contribution is -2.21. The second-order valence-corrected chi connectivity index (χ2v) is 5.95. The highest BCUT2D eigenvalue weighted by atomic mass is 32.2. The van der Waals surface area contributed by atoms with Crippen molar-refractivity contribution in [2.24, 2.45) is 0 Å². The number of nitro benzene ring substituents is 1. The number of anilines is 1. The van der Waals surface area contributed by atoms with E-state index in [0.29, 0.717) is 18.0 Å². The number of nitrogens with zero attached hydrogens (tertiary/aromatic N) is 2. The Morgan fingerprint density at radius 3 is 2.60 bits per heavy atom. The molecule has 1 unspecified atom stereocenters. The highest BCUT2D eigenvalue weighted by Gasteiger charge is 2.18. The van der Waals surface area contributed by atoms with E-state index in [1.807, 2.05) is 0 Å². The summed E-state index contributed by atoms with van der Waals surface area (Å²) in [6.45, 7) is 0.366. The van der Waals surface area contributed by atoms with Gasteiger partial charge in [-0.3, -0.25) is 19.1 Å². The summed E-state index contributed by atoms with van der Waals surface area (Å²) in [6.07, 6.45) is 1.56. The normalized spacial score (nSPS) is 11.8. The highest BCUT2D eigenvalue weighted by molar-refractivity contribution is 7.84. The molecule has 0 radical (unpaired) electrons. The maximum Gasteiger partial charge on any atom is 0.293 e. The molecule has 0 heterocycles. The van der Waals surface area contributed by atoms with E-state index < -0.39 is 15.7 Å². The Kier molecular flexibility index (Phi) is 5.63. The number of amides is 1. The van der Waals surface area contributed by atoms with Gasteiger partial charge in [0.1, 0.15) is 5.69 Å². The molecule has 1 aromatic rings. The molecule has 20 heavy (non-hydrogen) atoms. The Balaban J connectivity index is 2.99. The van der Waals surface area contributed by atoms with Crippen molar-refractivity contribution in [2.75, 3.05) is 38.0 Å². The van der Waals surface area contributed by atoms with Crippen LogP contribution in [0.15, 0.2) is 18.2 Å². The Bertz CT molecular complexity index is 546. The molecule has 0 saturated heterocycles. The fourth-order valence-corrected chi connectivity index (χ4v) is 1.94. The van der Waals surface area contributed by atoms with Gasteiger partial charge in [-0.25, -0.2) is 0 Å². The van der Waals surface area contributed by atoms with Gasteiger partial charge in [0.2, 0.25) is 0 Å². The van der Waals surface area contributed by atoms with E-state index in [1.54, 1.807) is 20.4 Å². The Labute approximate surface area is 119 Å². The van der Waals surface area contributed by atoms with Crippen LogP contribution < -0.4 is 5.32 Å². The molecule has 0 aliphatic carbocycles. The van der Waals surface area contributed by atoms with Crippen LogP contribution in [0.2, 0.25) is 0 Å². The van der Waals surface area contributed by atoms with E-state index in [0.717, 1.165) is 0 Å². The summed E-state index contributed by atoms with van der Waals surface area (Å²) >= 11 is 0. The molecule has 0 bridgehead atoms. The van der Waals surface area contributed by atoms with Gasteiger partial charge in [0.05, 0.1) is 4.92 Å². The Hall–Kier alpha value is -1.96. The van der Waals surface area contributed by atoms with Crippen LogP contribution >= 0.6 is 0 Å². The number of nitro groups is 1. The molecule has 1 N–H and O–H groups in total. The van der Waals surface area contributed by atoms with Gasteiger partial charge < -0.3 is 10.2 Å². The van der Waals surface area contributed by atoms with Gasteiger partial charge in [-0.1, -0.05) is 0 Å². The third-order valence-electron chi connectivity index (χ3n) is 2.55. The topological polar surface area (TPSA) is 92.6 Å². The molecule has 0 aliphatic heterocycles. The molecular weight excluding hydrogens is 282 g/mol. The molecule has 0 spiro atoms. The van der Waals surface area contributed by atoms with Crippen molar-refractivity contribution in [1.82, 2.24) is 4.90 Å². The molecule has 0 aliphatic rings. The van der Waals surface area contributed by atoms with Crippen LogP contribution in [0, 0.1) is 10.1 Å². The zero-order valence-electron chi connectivity index (χ0n) is 11.6. The first-order valence-corrected chi connectivity index (χ1v) is 7.59. The van der Waals surface area contributed by atoms with Crippen LogP contribution in [0.3, 0.4) is 0 Å². The average Bonchev–Trinajstić information content (AvgIpc) is 2.37. The summed E-state index contributed by atoms with van der Waals surface area (Å²) in [5.41, 5.74) is 0.404. The fraction of sp³-hybridized carbons (Fsp3) is 0.417. The zero-order chi connectivity index (χ0) is 15.3. The highest BCUT2D eigenvalue weighted by Crippen LogP contribution is 2.25. The molecule has 0 aromatic heterocycles. The van der Waals surface area contributed by atoms with Gasteiger partial charge in [0, 0.05) is 55.1 Å². The van der Waals surface area contributed by atoms with Crippen LogP contribution in [-0.4, -0.2) is 52.6 Å². The van der Waals surface area contributed by atoms with Crippen molar-refractivity contribution in [3.8, 4) is 0 Å². The first-order valence-electron chi connectivity index (χ1n) is 5.87. The molecule has 7 nitrogen and oxygen atoms in total. The number of rotatable bonds is 6. The summed E-state index contributed by atoms with van der Waals surface area (Å²) in [5.74, 6) is 0.101. The van der Waals surface area contributed by atoms with Gasteiger partial charge in [-0.15, -0.1) is 0 Å². The monoisotopic (exact) mass is 299 g/mol. The smallest absolute Gasteiger partial charge is 0.293 e. The second-order valence-electron chi connectivity index (χ2n) is 4.39. The molecule has 1 aromatic carbocycles. The van der Waals surface area contributed by atoms with Gasteiger partial charge >= 0.3 is 0 Å². The van der Waals surface area contributed by atoms with Crippen molar-refractivity contribution in [3.63, 3.8) is 0 Å². The van der Waals surface area contributed by atoms with Crippen molar-refractivity contribution in [1.29, 1.82) is 0 Å². The zero-order valence-corrected chi connectivity index (χ0v) is 12.4. The maximum absolute atomic E-state index is 11.8. The molecule has 1 rings (SSSR count). The van der Waals surface area contributed by atoms with Crippen molar-refractivity contribution < 1.29 is 13.9 Å². The van der Waals surface area contributed by atoms with Crippen molar-refractivity contribution >= 4 is 28.1 Å². The molecule has 1 atom stereocenters. The number of carbonyl (C=O) groups is 1. The number of hydrogen-bond donors (Lipinski definition) is 1. The standard InChI is InChI=1S/C12H17N3O4S/c1-14(2)12(16)9-4-5-10(11(8-9)15(17)18)13-6-7-20(3)19/h4-5,8,13H,6-7H2,1-3H3. The van der Waals surface area contributed by atoms with Gasteiger partial charge in [0.15, 0.2) is 0 Å². The minimum absolute atomic E-state index is 0.167. The first-order chi connectivity index (χ1) is 9.32. The molecular formula is C12H17N3O4S. The molecule has 1 amide bonds. The molecule has 0 saturated carbocycles. The average molecular weight is 299 g/mol. The van der Waals surface area contributed by atoms with Gasteiger partial charge in [0.25, 0.3) is 11.6 Å². The van der Waals surface area contributed by atoms with Crippen LogP contribution in [-0.2, 0) is 10.8 Å². The molecule has 0 fully saturated rings. The van der Waals surface area contributed by atoms with E-state index in [-0.39, 0.29) is 17.2 Å². The lowest BCUT2D eigenvalue weighted by atomic mass is 10.1. The van der Waals surface area contributed by atoms with Crippen molar-refractivity contribution in [2.45, 2.75) is 0 Å². The predicted molar refractivity (Wildman–Crippen MR) is 78.5 cm³/mol. The summed E-state index contributed by atoms with van der Waals surface area (Å²) in [6, 6.07) is 4.27. The molecule has 8 heteroatoms. The summed E-state index contributed by atoms with van der Waals surface area (Å²) in [4.78, 5) is 23.6. The van der Waals surface area contributed by atoms with Crippen LogP contribution in [0.4, 0.5) is 11.4 Å². The quantitative estimate of drug-likeness (QED) is 0.627. The summed E-state index contributed by atoms with van der Waals surface area (Å²) in [5, 5.41) is 13.9. The van der Waals surface area contributed by atoms with E-state index >= 15 is 0 Å². The number of benzene rings is 1. The lowest BCUT2D eigenvalue weighted by molar-refractivity contribution is -0.384. The number of hydrogen-bond acceptors (Lipinski definition) is 5. The first kappa shape index (κ1) is 16.1. The van der Waals surface area contributed by atoms with E-state index in [2.05, 4.69) is 5.32 Å². The maximum atomic E-state index is 11.8. The van der Waals surface area contributed by atoms with E-state index in [4.69, 9.17) is 0 Å². The van der Waals surface area contributed by atoms with Crippen LogP contribution in [0.5, 0.6) is 0 Å². The minimum atomic E-state index is -0.968. The van der Waals surface area contributed by atoms with Crippen LogP contribution in [0.25, 0.3) is 0 Å². The second kappa shape index (κ2) is 6.99. The van der Waals surface area contributed by atoms with E-state index in [9.17, 15) is 19.1 Å². The van der Waals surface area contributed by atoms with Gasteiger partial charge in [-0.05, 0) is 12.1 Å². The summed E-state index contributed by atoms with van der Waals surface area (Å²) < 4.78 is 11.0. The largest absolute Gasteiger partial charge is 0.379 e. The Morgan fingerprint density at radius 1 is 1.45 bits per heavy atom. The number of carbonyl (C=O) groups excluding carboxylic acids is 1. The number of nitrogens with one attached hydrogen (secondary N) is 1. The summed E-state index contributed by atoms with van der Waals surface area (Å²) in [7, 11) is 2.19. The molecule has 110 valence electrons. The Morgan fingerprint density at radius 2 is 2.10 bits per heavy atom. The fourth-order valence-electron chi connectivity index (χ4n) is 1.55. The lowest BCUT2D eigenvalue weighted by Gasteiger charge is -2.11. The third-order valence-corrected chi connectivity index (χ3v) is 3.33. The van der Waals surface area contributed by atoms with E-state index in [1.165, 1.54) is 23.1 Å². The SMILES string of the molecule is CN(C)C(=O)c1ccc(NCCS(C)=O)c([N+](=O)[O-])c1. The minimum Gasteiger partial charge on any atom is -0.379 e. The predicted octanol–water partition coefficient (Wildman–Crippen LogP) is 1.09. The van der Waals surface area contributed by atoms with Gasteiger partial charge in [-0.2, -0.15) is 0 Å². The third kappa shape index (κ3) is 4.30. The van der Waals surface area contributed by atoms with Crippen molar-refractivity contribution in [3.05, 3.63) is 33.9 Å². The van der Waals surface area contributed by atoms with Crippen LogP contribution in [0.1, 0.15) is 10.4 Å².